The number of aliphatic hydroxyl groups excluding tert-OH is 1. The largest absolute Gasteiger partial charge is 0.491 e. The van der Waals surface area contributed by atoms with Crippen molar-refractivity contribution in [2.45, 2.75) is 25.9 Å². The molecule has 1 unspecified atom stereocenters. The second-order valence-electron chi connectivity index (χ2n) is 5.35. The SMILES string of the molecule is CC(=O)CCc1ccc(OCC(O)c2ccc(F)c(F)c2)cc1. The summed E-state index contributed by atoms with van der Waals surface area (Å²) in [6.07, 6.45) is 0.116. The fourth-order valence-electron chi connectivity index (χ4n) is 2.06. The molecule has 0 radical (unpaired) electrons. The van der Waals surface area contributed by atoms with E-state index in [0.29, 0.717) is 18.6 Å². The lowest BCUT2D eigenvalue weighted by Gasteiger charge is -2.13. The van der Waals surface area contributed by atoms with E-state index in [1.54, 1.807) is 19.1 Å². The molecule has 0 aliphatic carbocycles. The first-order valence-corrected chi connectivity index (χ1v) is 7.30. The molecule has 0 fully saturated rings. The molecule has 1 N–H and O–H groups in total. The lowest BCUT2D eigenvalue weighted by Crippen LogP contribution is -2.10. The zero-order valence-electron chi connectivity index (χ0n) is 12.8. The molecule has 3 nitrogen and oxygen atoms in total. The number of carbonyl (C=O) groups excluding carboxylic acids is 1. The lowest BCUT2D eigenvalue weighted by molar-refractivity contribution is -0.116. The summed E-state index contributed by atoms with van der Waals surface area (Å²) in [5.41, 5.74) is 1.27. The summed E-state index contributed by atoms with van der Waals surface area (Å²) < 4.78 is 31.4. The Hall–Kier alpha value is -2.27. The van der Waals surface area contributed by atoms with E-state index < -0.39 is 17.7 Å². The van der Waals surface area contributed by atoms with E-state index in [0.717, 1.165) is 17.7 Å². The molecule has 2 aromatic carbocycles. The molecule has 0 spiro atoms. The Labute approximate surface area is 133 Å². The highest BCUT2D eigenvalue weighted by molar-refractivity contribution is 5.75. The quantitative estimate of drug-likeness (QED) is 0.848. The first-order chi connectivity index (χ1) is 11.0. The molecule has 2 rings (SSSR count). The van der Waals surface area contributed by atoms with Crippen molar-refractivity contribution in [3.8, 4) is 5.75 Å². The summed E-state index contributed by atoms with van der Waals surface area (Å²) in [7, 11) is 0. The first kappa shape index (κ1) is 17.1. The minimum Gasteiger partial charge on any atom is -0.491 e. The van der Waals surface area contributed by atoms with E-state index in [4.69, 9.17) is 4.74 Å². The third-order valence-corrected chi connectivity index (χ3v) is 3.43. The van der Waals surface area contributed by atoms with Gasteiger partial charge in [-0.25, -0.2) is 8.78 Å². The van der Waals surface area contributed by atoms with Crippen molar-refractivity contribution in [2.24, 2.45) is 0 Å². The van der Waals surface area contributed by atoms with Gasteiger partial charge in [0.2, 0.25) is 0 Å². The number of Topliss-reactive ketones (excluding diaryl/α,β-unsaturated/α-hetero) is 1. The molecule has 23 heavy (non-hydrogen) atoms. The van der Waals surface area contributed by atoms with Gasteiger partial charge in [-0.1, -0.05) is 18.2 Å². The van der Waals surface area contributed by atoms with Crippen molar-refractivity contribution in [1.29, 1.82) is 0 Å². The van der Waals surface area contributed by atoms with Crippen molar-refractivity contribution in [1.82, 2.24) is 0 Å². The van der Waals surface area contributed by atoms with Crippen LogP contribution in [0.3, 0.4) is 0 Å². The van der Waals surface area contributed by atoms with Gasteiger partial charge in [0.05, 0.1) is 0 Å². The van der Waals surface area contributed by atoms with Crippen LogP contribution in [-0.4, -0.2) is 17.5 Å². The maximum Gasteiger partial charge on any atom is 0.159 e. The molecule has 0 aliphatic heterocycles. The van der Waals surface area contributed by atoms with Crippen LogP contribution in [0, 0.1) is 11.6 Å². The number of benzene rings is 2. The summed E-state index contributed by atoms with van der Waals surface area (Å²) in [6, 6.07) is 10.4. The van der Waals surface area contributed by atoms with Crippen molar-refractivity contribution < 1.29 is 23.4 Å². The molecule has 0 saturated carbocycles. The van der Waals surface area contributed by atoms with Crippen molar-refractivity contribution >= 4 is 5.78 Å². The normalized spacial score (nSPS) is 12.0. The van der Waals surface area contributed by atoms with Crippen LogP contribution < -0.4 is 4.74 Å². The second-order valence-corrected chi connectivity index (χ2v) is 5.35. The van der Waals surface area contributed by atoms with Gasteiger partial charge in [0.25, 0.3) is 0 Å². The topological polar surface area (TPSA) is 46.5 Å². The van der Waals surface area contributed by atoms with E-state index in [2.05, 4.69) is 0 Å². The number of ether oxygens (including phenoxy) is 1. The number of rotatable bonds is 7. The highest BCUT2D eigenvalue weighted by atomic mass is 19.2. The smallest absolute Gasteiger partial charge is 0.159 e. The van der Waals surface area contributed by atoms with Crippen LogP contribution >= 0.6 is 0 Å². The second kappa shape index (κ2) is 7.83. The zero-order chi connectivity index (χ0) is 16.8. The number of hydrogen-bond acceptors (Lipinski definition) is 3. The van der Waals surface area contributed by atoms with Gasteiger partial charge in [0.15, 0.2) is 11.6 Å². The Morgan fingerprint density at radius 2 is 1.83 bits per heavy atom. The van der Waals surface area contributed by atoms with Gasteiger partial charge in [0, 0.05) is 6.42 Å². The Kier molecular flexibility index (Phi) is 5.82. The number of aryl methyl sites for hydroxylation is 1. The number of ketones is 1. The molecular formula is C18H18F2O3. The van der Waals surface area contributed by atoms with E-state index >= 15 is 0 Å². The van der Waals surface area contributed by atoms with Crippen LogP contribution in [0.4, 0.5) is 8.78 Å². The monoisotopic (exact) mass is 320 g/mol. The highest BCUT2D eigenvalue weighted by Crippen LogP contribution is 2.19. The van der Waals surface area contributed by atoms with Gasteiger partial charge in [0.1, 0.15) is 24.2 Å². The van der Waals surface area contributed by atoms with E-state index in [1.807, 2.05) is 12.1 Å². The molecule has 0 amide bonds. The van der Waals surface area contributed by atoms with Crippen molar-refractivity contribution in [2.75, 3.05) is 6.61 Å². The third kappa shape index (κ3) is 5.14. The maximum absolute atomic E-state index is 13.1. The Morgan fingerprint density at radius 1 is 1.13 bits per heavy atom. The Bertz CT molecular complexity index is 668. The van der Waals surface area contributed by atoms with E-state index in [9.17, 15) is 18.7 Å². The number of hydrogen-bond donors (Lipinski definition) is 1. The standard InChI is InChI=1S/C18H18F2O3/c1-12(21)2-3-13-4-7-15(8-5-13)23-11-18(22)14-6-9-16(19)17(20)10-14/h4-10,18,22H,2-3,11H2,1H3. The van der Waals surface area contributed by atoms with Gasteiger partial charge in [-0.15, -0.1) is 0 Å². The number of carbonyl (C=O) groups is 1. The van der Waals surface area contributed by atoms with Crippen molar-refractivity contribution in [3.63, 3.8) is 0 Å². The maximum atomic E-state index is 13.1. The van der Waals surface area contributed by atoms with E-state index in [-0.39, 0.29) is 18.0 Å². The highest BCUT2D eigenvalue weighted by Gasteiger charge is 2.11. The van der Waals surface area contributed by atoms with Gasteiger partial charge in [-0.2, -0.15) is 0 Å². The number of aliphatic hydroxyl groups is 1. The fraction of sp³-hybridized carbons (Fsp3) is 0.278. The summed E-state index contributed by atoms with van der Waals surface area (Å²) in [5, 5.41) is 9.95. The third-order valence-electron chi connectivity index (χ3n) is 3.43. The summed E-state index contributed by atoms with van der Waals surface area (Å²) >= 11 is 0. The predicted molar refractivity (Wildman–Crippen MR) is 82.3 cm³/mol. The van der Waals surface area contributed by atoms with Gasteiger partial charge < -0.3 is 14.6 Å². The van der Waals surface area contributed by atoms with Crippen LogP contribution in [0.5, 0.6) is 5.75 Å². The minimum absolute atomic E-state index is 0.0716. The molecule has 0 aliphatic rings. The Balaban J connectivity index is 1.89. The molecule has 2 aromatic rings. The van der Waals surface area contributed by atoms with Crippen LogP contribution in [0.25, 0.3) is 0 Å². The summed E-state index contributed by atoms with van der Waals surface area (Å²) in [5.74, 6) is -1.27. The van der Waals surface area contributed by atoms with Crippen LogP contribution in [0.1, 0.15) is 30.6 Å². The van der Waals surface area contributed by atoms with Gasteiger partial charge in [-0.05, 0) is 48.7 Å². The van der Waals surface area contributed by atoms with Crippen LogP contribution in [-0.2, 0) is 11.2 Å². The molecule has 5 heteroatoms. The van der Waals surface area contributed by atoms with Crippen LogP contribution in [0.15, 0.2) is 42.5 Å². The molecular weight excluding hydrogens is 302 g/mol. The Morgan fingerprint density at radius 3 is 2.43 bits per heavy atom. The molecule has 1 atom stereocenters. The number of halogens is 2. The average Bonchev–Trinajstić information content (AvgIpc) is 2.54. The predicted octanol–water partition coefficient (Wildman–Crippen LogP) is 3.60. The fourth-order valence-corrected chi connectivity index (χ4v) is 2.06. The van der Waals surface area contributed by atoms with Crippen LogP contribution in [0.2, 0.25) is 0 Å². The molecule has 0 bridgehead atoms. The lowest BCUT2D eigenvalue weighted by atomic mass is 10.1. The summed E-state index contributed by atoms with van der Waals surface area (Å²) in [6.45, 7) is 1.48. The molecule has 0 aromatic heterocycles. The first-order valence-electron chi connectivity index (χ1n) is 7.30. The molecule has 122 valence electrons. The van der Waals surface area contributed by atoms with E-state index in [1.165, 1.54) is 6.07 Å². The average molecular weight is 320 g/mol. The zero-order valence-corrected chi connectivity index (χ0v) is 12.8. The molecule has 0 heterocycles. The minimum atomic E-state index is -1.05. The summed E-state index contributed by atoms with van der Waals surface area (Å²) in [4.78, 5) is 10.9. The van der Waals surface area contributed by atoms with Crippen molar-refractivity contribution in [3.05, 3.63) is 65.2 Å². The molecule has 0 saturated heterocycles. The van der Waals surface area contributed by atoms with Gasteiger partial charge >= 0.3 is 0 Å². The van der Waals surface area contributed by atoms with Gasteiger partial charge in [-0.3, -0.25) is 0 Å².